The van der Waals surface area contributed by atoms with Crippen LogP contribution in [0.25, 0.3) is 10.2 Å². The van der Waals surface area contributed by atoms with Gasteiger partial charge in [-0.05, 0) is 37.6 Å². The zero-order valence-electron chi connectivity index (χ0n) is 14.5. The fourth-order valence-electron chi connectivity index (χ4n) is 3.12. The van der Waals surface area contributed by atoms with Crippen LogP contribution < -0.4 is 0 Å². The Kier molecular flexibility index (Phi) is 4.58. The van der Waals surface area contributed by atoms with E-state index in [0.717, 1.165) is 48.1 Å². The Balaban J connectivity index is 1.37. The standard InChI is InChI=1S/C19H21N3OS2/c1-13-11-17(24-14(13)2)19(23)22-9-7-21(8-10-22)12-18-20-15-5-3-4-6-16(15)25-18/h3-6,11H,7-10,12H2,1-2H3. The molecule has 3 heterocycles. The zero-order chi connectivity index (χ0) is 17.4. The number of carbonyl (C=O) groups is 1. The second-order valence-electron chi connectivity index (χ2n) is 6.49. The van der Waals surface area contributed by atoms with Gasteiger partial charge in [0.25, 0.3) is 5.91 Å². The molecule has 0 aliphatic carbocycles. The molecule has 0 bridgehead atoms. The van der Waals surface area contributed by atoms with Crippen LogP contribution in [0.15, 0.2) is 30.3 Å². The number of hydrogen-bond acceptors (Lipinski definition) is 5. The first-order valence-electron chi connectivity index (χ1n) is 8.53. The van der Waals surface area contributed by atoms with E-state index in [0.29, 0.717) is 0 Å². The minimum atomic E-state index is 0.181. The lowest BCUT2D eigenvalue weighted by atomic mass is 10.2. The maximum atomic E-state index is 12.7. The van der Waals surface area contributed by atoms with Gasteiger partial charge in [0, 0.05) is 31.1 Å². The van der Waals surface area contributed by atoms with Crippen LogP contribution in [0.2, 0.25) is 0 Å². The molecule has 1 saturated heterocycles. The first-order chi connectivity index (χ1) is 12.1. The Morgan fingerprint density at radius 2 is 1.88 bits per heavy atom. The number of thiazole rings is 1. The molecule has 1 aliphatic heterocycles. The fraction of sp³-hybridized carbons (Fsp3) is 0.368. The second kappa shape index (κ2) is 6.86. The summed E-state index contributed by atoms with van der Waals surface area (Å²) in [7, 11) is 0. The van der Waals surface area contributed by atoms with Crippen molar-refractivity contribution in [2.45, 2.75) is 20.4 Å². The highest BCUT2D eigenvalue weighted by Crippen LogP contribution is 2.24. The molecular weight excluding hydrogens is 350 g/mol. The predicted octanol–water partition coefficient (Wildman–Crippen LogP) is 3.93. The fourth-order valence-corrected chi connectivity index (χ4v) is 5.13. The van der Waals surface area contributed by atoms with E-state index < -0.39 is 0 Å². The van der Waals surface area contributed by atoms with E-state index in [4.69, 9.17) is 4.98 Å². The molecule has 0 saturated carbocycles. The molecule has 3 aromatic rings. The normalized spacial score (nSPS) is 15.8. The van der Waals surface area contributed by atoms with Gasteiger partial charge >= 0.3 is 0 Å². The molecule has 0 atom stereocenters. The number of carbonyl (C=O) groups excluding carboxylic acids is 1. The number of thiophene rings is 1. The van der Waals surface area contributed by atoms with Gasteiger partial charge in [0.2, 0.25) is 0 Å². The lowest BCUT2D eigenvalue weighted by molar-refractivity contribution is 0.0633. The average Bonchev–Trinajstić information content (AvgIpc) is 3.17. The number of aryl methyl sites for hydroxylation is 2. The van der Waals surface area contributed by atoms with Crippen LogP contribution in [0.4, 0.5) is 0 Å². The molecular formula is C19H21N3OS2. The van der Waals surface area contributed by atoms with Crippen molar-refractivity contribution in [2.75, 3.05) is 26.2 Å². The van der Waals surface area contributed by atoms with E-state index in [1.165, 1.54) is 15.1 Å². The van der Waals surface area contributed by atoms with Gasteiger partial charge in [0.05, 0.1) is 21.6 Å². The Morgan fingerprint density at radius 1 is 1.12 bits per heavy atom. The van der Waals surface area contributed by atoms with Gasteiger partial charge in [-0.25, -0.2) is 4.98 Å². The molecule has 0 spiro atoms. The predicted molar refractivity (Wildman–Crippen MR) is 105 cm³/mol. The highest BCUT2D eigenvalue weighted by Gasteiger charge is 2.24. The van der Waals surface area contributed by atoms with Crippen molar-refractivity contribution in [3.8, 4) is 0 Å². The molecule has 4 rings (SSSR count). The molecule has 1 fully saturated rings. The van der Waals surface area contributed by atoms with Crippen molar-refractivity contribution < 1.29 is 4.79 Å². The van der Waals surface area contributed by atoms with Crippen molar-refractivity contribution in [3.63, 3.8) is 0 Å². The Morgan fingerprint density at radius 3 is 2.56 bits per heavy atom. The van der Waals surface area contributed by atoms with E-state index in [1.807, 2.05) is 17.0 Å². The highest BCUT2D eigenvalue weighted by atomic mass is 32.1. The third kappa shape index (κ3) is 3.47. The maximum absolute atomic E-state index is 12.7. The average molecular weight is 372 g/mol. The molecule has 130 valence electrons. The summed E-state index contributed by atoms with van der Waals surface area (Å²) in [5.74, 6) is 0.181. The number of amides is 1. The molecule has 25 heavy (non-hydrogen) atoms. The second-order valence-corrected chi connectivity index (χ2v) is 8.87. The molecule has 1 amide bonds. The van der Waals surface area contributed by atoms with Crippen molar-refractivity contribution in [3.05, 3.63) is 50.7 Å². The first-order valence-corrected chi connectivity index (χ1v) is 10.2. The van der Waals surface area contributed by atoms with Crippen LogP contribution in [0, 0.1) is 13.8 Å². The topological polar surface area (TPSA) is 36.4 Å². The summed E-state index contributed by atoms with van der Waals surface area (Å²) >= 11 is 3.38. The van der Waals surface area contributed by atoms with Crippen LogP contribution >= 0.6 is 22.7 Å². The van der Waals surface area contributed by atoms with E-state index >= 15 is 0 Å². The molecule has 6 heteroatoms. The molecule has 0 radical (unpaired) electrons. The summed E-state index contributed by atoms with van der Waals surface area (Å²) in [6, 6.07) is 10.3. The number of benzene rings is 1. The smallest absolute Gasteiger partial charge is 0.264 e. The molecule has 1 aliphatic rings. The SMILES string of the molecule is Cc1cc(C(=O)N2CCN(Cc3nc4ccccc4s3)CC2)sc1C. The zero-order valence-corrected chi connectivity index (χ0v) is 16.1. The quantitative estimate of drug-likeness (QED) is 0.700. The monoisotopic (exact) mass is 371 g/mol. The number of aromatic nitrogens is 1. The number of hydrogen-bond donors (Lipinski definition) is 0. The van der Waals surface area contributed by atoms with Gasteiger partial charge in [-0.1, -0.05) is 12.1 Å². The van der Waals surface area contributed by atoms with Crippen molar-refractivity contribution in [1.29, 1.82) is 0 Å². The first kappa shape index (κ1) is 16.7. The Bertz CT molecular complexity index is 854. The molecule has 1 aromatic carbocycles. The lowest BCUT2D eigenvalue weighted by Gasteiger charge is -2.34. The Hall–Kier alpha value is -1.76. The van der Waals surface area contributed by atoms with Crippen molar-refractivity contribution in [1.82, 2.24) is 14.8 Å². The number of fused-ring (bicyclic) bond motifs is 1. The minimum absolute atomic E-state index is 0.181. The van der Waals surface area contributed by atoms with E-state index in [1.54, 1.807) is 22.7 Å². The summed E-state index contributed by atoms with van der Waals surface area (Å²) < 4.78 is 1.25. The number of piperazine rings is 1. The van der Waals surface area contributed by atoms with E-state index in [2.05, 4.69) is 36.9 Å². The summed E-state index contributed by atoms with van der Waals surface area (Å²) in [5, 5.41) is 1.16. The number of para-hydroxylation sites is 1. The minimum Gasteiger partial charge on any atom is -0.335 e. The van der Waals surface area contributed by atoms with Gasteiger partial charge in [-0.15, -0.1) is 22.7 Å². The molecule has 0 N–H and O–H groups in total. The lowest BCUT2D eigenvalue weighted by Crippen LogP contribution is -2.48. The van der Waals surface area contributed by atoms with Gasteiger partial charge in [-0.2, -0.15) is 0 Å². The Labute approximate surface area is 155 Å². The third-order valence-corrected chi connectivity index (χ3v) is 6.90. The largest absolute Gasteiger partial charge is 0.335 e. The van der Waals surface area contributed by atoms with Crippen LogP contribution in [0.3, 0.4) is 0 Å². The van der Waals surface area contributed by atoms with Gasteiger partial charge in [-0.3, -0.25) is 9.69 Å². The summed E-state index contributed by atoms with van der Waals surface area (Å²) in [4.78, 5) is 23.9. The van der Waals surface area contributed by atoms with Crippen LogP contribution in [0.5, 0.6) is 0 Å². The highest BCUT2D eigenvalue weighted by molar-refractivity contribution is 7.18. The van der Waals surface area contributed by atoms with Gasteiger partial charge < -0.3 is 4.90 Å². The third-order valence-electron chi connectivity index (χ3n) is 4.73. The summed E-state index contributed by atoms with van der Waals surface area (Å²) in [6.07, 6.45) is 0. The molecule has 0 unspecified atom stereocenters. The van der Waals surface area contributed by atoms with Crippen LogP contribution in [0.1, 0.15) is 25.1 Å². The number of nitrogens with zero attached hydrogens (tertiary/aromatic N) is 3. The molecule has 2 aromatic heterocycles. The molecule has 4 nitrogen and oxygen atoms in total. The van der Waals surface area contributed by atoms with E-state index in [-0.39, 0.29) is 5.91 Å². The number of rotatable bonds is 3. The van der Waals surface area contributed by atoms with Gasteiger partial charge in [0.15, 0.2) is 0 Å². The van der Waals surface area contributed by atoms with Gasteiger partial charge in [0.1, 0.15) is 5.01 Å². The maximum Gasteiger partial charge on any atom is 0.264 e. The van der Waals surface area contributed by atoms with E-state index in [9.17, 15) is 4.79 Å². The van der Waals surface area contributed by atoms with Crippen LogP contribution in [-0.4, -0.2) is 46.9 Å². The van der Waals surface area contributed by atoms with Crippen molar-refractivity contribution in [2.24, 2.45) is 0 Å². The van der Waals surface area contributed by atoms with Crippen LogP contribution in [-0.2, 0) is 6.54 Å². The van der Waals surface area contributed by atoms with Crippen molar-refractivity contribution >= 4 is 38.8 Å². The summed E-state index contributed by atoms with van der Waals surface area (Å²) in [5.41, 5.74) is 2.29. The summed E-state index contributed by atoms with van der Waals surface area (Å²) in [6.45, 7) is 8.42.